The van der Waals surface area contributed by atoms with Gasteiger partial charge in [0.2, 0.25) is 5.90 Å². The number of fused-ring (bicyclic) bond motifs is 1. The summed E-state index contributed by atoms with van der Waals surface area (Å²) in [6, 6.07) is 5.73. The highest BCUT2D eigenvalue weighted by Gasteiger charge is 2.37. The first-order valence-electron chi connectivity index (χ1n) is 11.3. The number of carbonyl (C=O) groups excluding carboxylic acids is 1. The molecule has 1 saturated heterocycles. The lowest BCUT2D eigenvalue weighted by molar-refractivity contribution is -0.131. The van der Waals surface area contributed by atoms with Crippen LogP contribution < -0.4 is 4.74 Å². The SMILES string of the molecule is CC(=O)Oc1cccc(C2=N[C@H]([C@H](O)CN3C[C@H]4CCCC[C@H]4C[C@H]3C)CO2)c1C. The molecule has 4 rings (SSSR count). The number of ether oxygens (including phenoxy) is 2. The molecule has 3 aliphatic rings. The number of hydrogen-bond donors (Lipinski definition) is 1. The molecule has 1 saturated carbocycles. The monoisotopic (exact) mass is 414 g/mol. The second-order valence-electron chi connectivity index (χ2n) is 9.25. The average Bonchev–Trinajstić information content (AvgIpc) is 3.20. The highest BCUT2D eigenvalue weighted by atomic mass is 16.5. The predicted octanol–water partition coefficient (Wildman–Crippen LogP) is 3.33. The number of aliphatic hydroxyl groups excluding tert-OH is 1. The molecular formula is C24H34N2O4. The summed E-state index contributed by atoms with van der Waals surface area (Å²) in [5.74, 6) is 2.33. The molecule has 2 heterocycles. The van der Waals surface area contributed by atoms with Crippen LogP contribution in [0.2, 0.25) is 0 Å². The topological polar surface area (TPSA) is 71.4 Å². The molecule has 5 atom stereocenters. The van der Waals surface area contributed by atoms with Gasteiger partial charge in [-0.1, -0.05) is 25.3 Å². The minimum absolute atomic E-state index is 0.270. The fourth-order valence-electron chi connectivity index (χ4n) is 5.37. The smallest absolute Gasteiger partial charge is 0.308 e. The zero-order chi connectivity index (χ0) is 21.3. The van der Waals surface area contributed by atoms with Gasteiger partial charge in [-0.15, -0.1) is 0 Å². The summed E-state index contributed by atoms with van der Waals surface area (Å²) in [6.07, 6.45) is 6.13. The van der Waals surface area contributed by atoms with Gasteiger partial charge in [0.15, 0.2) is 0 Å². The number of carbonyl (C=O) groups is 1. The van der Waals surface area contributed by atoms with Crippen molar-refractivity contribution in [3.8, 4) is 5.75 Å². The van der Waals surface area contributed by atoms with Gasteiger partial charge in [-0.25, -0.2) is 4.99 Å². The Labute approximate surface area is 179 Å². The van der Waals surface area contributed by atoms with E-state index in [9.17, 15) is 9.90 Å². The molecule has 2 aliphatic heterocycles. The third-order valence-corrected chi connectivity index (χ3v) is 7.11. The molecule has 1 N–H and O–H groups in total. The van der Waals surface area contributed by atoms with E-state index in [1.807, 2.05) is 19.1 Å². The Morgan fingerprint density at radius 2 is 2.10 bits per heavy atom. The first kappa shape index (κ1) is 21.3. The maximum absolute atomic E-state index is 11.3. The molecule has 0 bridgehead atoms. The summed E-state index contributed by atoms with van der Waals surface area (Å²) >= 11 is 0. The van der Waals surface area contributed by atoms with E-state index >= 15 is 0 Å². The average molecular weight is 415 g/mol. The van der Waals surface area contributed by atoms with Crippen molar-refractivity contribution >= 4 is 11.9 Å². The quantitative estimate of drug-likeness (QED) is 0.591. The molecule has 0 amide bonds. The van der Waals surface area contributed by atoms with Crippen molar-refractivity contribution < 1.29 is 19.4 Å². The lowest BCUT2D eigenvalue weighted by atomic mass is 9.73. The maximum Gasteiger partial charge on any atom is 0.308 e. The van der Waals surface area contributed by atoms with E-state index < -0.39 is 6.10 Å². The Hall–Kier alpha value is -1.92. The van der Waals surface area contributed by atoms with Crippen LogP contribution in [0.3, 0.4) is 0 Å². The van der Waals surface area contributed by atoms with Crippen LogP contribution in [0.4, 0.5) is 0 Å². The Balaban J connectivity index is 1.41. The van der Waals surface area contributed by atoms with Crippen molar-refractivity contribution in [3.63, 3.8) is 0 Å². The first-order valence-corrected chi connectivity index (χ1v) is 11.3. The van der Waals surface area contributed by atoms with Crippen molar-refractivity contribution in [2.45, 2.75) is 71.1 Å². The Bertz CT molecular complexity index is 808. The van der Waals surface area contributed by atoms with Crippen molar-refractivity contribution in [2.24, 2.45) is 16.8 Å². The van der Waals surface area contributed by atoms with Gasteiger partial charge in [0, 0.05) is 37.2 Å². The molecule has 6 nitrogen and oxygen atoms in total. The van der Waals surface area contributed by atoms with Crippen LogP contribution in [0.1, 0.15) is 57.1 Å². The second-order valence-corrected chi connectivity index (χ2v) is 9.25. The molecule has 2 fully saturated rings. The van der Waals surface area contributed by atoms with Crippen LogP contribution in [0.25, 0.3) is 0 Å². The van der Waals surface area contributed by atoms with Crippen molar-refractivity contribution in [3.05, 3.63) is 29.3 Å². The van der Waals surface area contributed by atoms with Crippen LogP contribution >= 0.6 is 0 Å². The van der Waals surface area contributed by atoms with Gasteiger partial charge in [0.1, 0.15) is 18.4 Å². The van der Waals surface area contributed by atoms with Crippen molar-refractivity contribution in [1.29, 1.82) is 0 Å². The van der Waals surface area contributed by atoms with E-state index in [-0.39, 0.29) is 12.0 Å². The zero-order valence-corrected chi connectivity index (χ0v) is 18.3. The summed E-state index contributed by atoms with van der Waals surface area (Å²) < 4.78 is 11.1. The minimum Gasteiger partial charge on any atom is -0.475 e. The van der Waals surface area contributed by atoms with Crippen molar-refractivity contribution in [2.75, 3.05) is 19.7 Å². The van der Waals surface area contributed by atoms with Gasteiger partial charge in [-0.3, -0.25) is 9.69 Å². The number of β-amino-alcohol motifs (C(OH)–C–C–N with tert-alkyl or cyclic N) is 1. The molecule has 1 aromatic rings. The van der Waals surface area contributed by atoms with Gasteiger partial charge in [0.25, 0.3) is 0 Å². The number of piperidine rings is 1. The number of rotatable bonds is 5. The Kier molecular flexibility index (Phi) is 6.44. The van der Waals surface area contributed by atoms with E-state index in [1.165, 1.54) is 39.0 Å². The maximum atomic E-state index is 11.3. The molecule has 1 aliphatic carbocycles. The second kappa shape index (κ2) is 9.06. The number of aliphatic imine (C=N–C) groups is 1. The van der Waals surface area contributed by atoms with Gasteiger partial charge < -0.3 is 14.6 Å². The summed E-state index contributed by atoms with van der Waals surface area (Å²) in [5.41, 5.74) is 1.62. The number of hydrogen-bond acceptors (Lipinski definition) is 6. The first-order chi connectivity index (χ1) is 14.4. The van der Waals surface area contributed by atoms with Gasteiger partial charge in [-0.2, -0.15) is 0 Å². The molecule has 0 radical (unpaired) electrons. The summed E-state index contributed by atoms with van der Waals surface area (Å²) in [5, 5.41) is 10.9. The van der Waals surface area contributed by atoms with E-state index in [0.29, 0.717) is 30.8 Å². The third-order valence-electron chi connectivity index (χ3n) is 7.11. The van der Waals surface area contributed by atoms with Gasteiger partial charge >= 0.3 is 5.97 Å². The van der Waals surface area contributed by atoms with Crippen LogP contribution in [0, 0.1) is 18.8 Å². The molecule has 0 unspecified atom stereocenters. The Morgan fingerprint density at radius 1 is 1.33 bits per heavy atom. The van der Waals surface area contributed by atoms with E-state index in [1.54, 1.807) is 6.07 Å². The number of nitrogens with zero attached hydrogens (tertiary/aromatic N) is 2. The van der Waals surface area contributed by atoms with Crippen molar-refractivity contribution in [1.82, 2.24) is 4.90 Å². The van der Waals surface area contributed by atoms with Crippen LogP contribution in [0.5, 0.6) is 5.75 Å². The lowest BCUT2D eigenvalue weighted by Crippen LogP contribution is -2.51. The normalized spacial score (nSPS) is 30.2. The molecule has 0 aromatic heterocycles. The number of aliphatic hydroxyl groups is 1. The largest absolute Gasteiger partial charge is 0.475 e. The van der Waals surface area contributed by atoms with Crippen LogP contribution in [-0.2, 0) is 9.53 Å². The zero-order valence-electron chi connectivity index (χ0n) is 18.3. The van der Waals surface area contributed by atoms with E-state index in [0.717, 1.165) is 29.5 Å². The third kappa shape index (κ3) is 4.54. The molecule has 1 aromatic carbocycles. The highest BCUT2D eigenvalue weighted by Crippen LogP contribution is 2.38. The van der Waals surface area contributed by atoms with Crippen LogP contribution in [-0.4, -0.2) is 59.8 Å². The summed E-state index contributed by atoms with van der Waals surface area (Å²) in [7, 11) is 0. The highest BCUT2D eigenvalue weighted by molar-refractivity contribution is 5.97. The summed E-state index contributed by atoms with van der Waals surface area (Å²) in [4.78, 5) is 18.5. The lowest BCUT2D eigenvalue weighted by Gasteiger charge is -2.45. The fraction of sp³-hybridized carbons (Fsp3) is 0.667. The molecule has 6 heteroatoms. The fourth-order valence-corrected chi connectivity index (χ4v) is 5.37. The summed E-state index contributed by atoms with van der Waals surface area (Å²) in [6.45, 7) is 7.68. The molecular weight excluding hydrogens is 380 g/mol. The van der Waals surface area contributed by atoms with Gasteiger partial charge in [-0.05, 0) is 50.7 Å². The Morgan fingerprint density at radius 3 is 2.87 bits per heavy atom. The van der Waals surface area contributed by atoms with Crippen LogP contribution in [0.15, 0.2) is 23.2 Å². The predicted molar refractivity (Wildman–Crippen MR) is 116 cm³/mol. The molecule has 30 heavy (non-hydrogen) atoms. The van der Waals surface area contributed by atoms with E-state index in [2.05, 4.69) is 16.8 Å². The molecule has 0 spiro atoms. The number of benzene rings is 1. The number of likely N-dealkylation sites (tertiary alicyclic amines) is 1. The number of esters is 1. The standard InChI is InChI=1S/C24H34N2O4/c1-15-11-18-7-4-5-8-19(18)12-26(15)13-22(28)21-14-29-24(25-21)20-9-6-10-23(16(20)2)30-17(3)27/h6,9-10,15,18-19,21-22,28H,4-5,7-8,11-14H2,1-3H3/t15-,18+,19-,21+,22-/m1/s1. The van der Waals surface area contributed by atoms with Gasteiger partial charge in [0.05, 0.1) is 6.10 Å². The minimum atomic E-state index is -0.554. The molecule has 164 valence electrons. The van der Waals surface area contributed by atoms with E-state index in [4.69, 9.17) is 9.47 Å².